The summed E-state index contributed by atoms with van der Waals surface area (Å²) < 4.78 is 1.63. The molecule has 5 nitrogen and oxygen atoms in total. The Morgan fingerprint density at radius 3 is 2.77 bits per heavy atom. The second-order valence-electron chi connectivity index (χ2n) is 6.34. The summed E-state index contributed by atoms with van der Waals surface area (Å²) in [6, 6.07) is 5.57. The van der Waals surface area contributed by atoms with Crippen LogP contribution in [0, 0.1) is 18.8 Å². The summed E-state index contributed by atoms with van der Waals surface area (Å²) in [4.78, 5) is 19.4. The van der Waals surface area contributed by atoms with Crippen LogP contribution >= 0.6 is 12.4 Å². The van der Waals surface area contributed by atoms with Gasteiger partial charge in [0, 0.05) is 31.9 Å². The molecule has 0 aromatic carbocycles. The summed E-state index contributed by atoms with van der Waals surface area (Å²) in [6.07, 6.45) is 1.79. The number of fused-ring (bicyclic) bond motifs is 2. The number of halogens is 1. The molecule has 0 amide bonds. The highest BCUT2D eigenvalue weighted by Gasteiger charge is 2.35. The lowest BCUT2D eigenvalue weighted by atomic mass is 10.0. The molecule has 2 saturated heterocycles. The number of pyridine rings is 1. The van der Waals surface area contributed by atoms with Gasteiger partial charge in [-0.05, 0) is 43.5 Å². The van der Waals surface area contributed by atoms with Gasteiger partial charge in [0.15, 0.2) is 0 Å². The van der Waals surface area contributed by atoms with Gasteiger partial charge >= 0.3 is 0 Å². The molecular formula is C16H21ClN4O. The Morgan fingerprint density at radius 2 is 2.05 bits per heavy atom. The van der Waals surface area contributed by atoms with Crippen LogP contribution in [0.1, 0.15) is 11.3 Å². The van der Waals surface area contributed by atoms with Crippen molar-refractivity contribution in [2.24, 2.45) is 11.8 Å². The number of likely N-dealkylation sites (tertiary alicyclic amines) is 1. The van der Waals surface area contributed by atoms with Gasteiger partial charge in [-0.1, -0.05) is 6.07 Å². The van der Waals surface area contributed by atoms with Gasteiger partial charge in [0.2, 0.25) is 0 Å². The van der Waals surface area contributed by atoms with Crippen molar-refractivity contribution in [3.05, 3.63) is 46.0 Å². The predicted molar refractivity (Wildman–Crippen MR) is 88.6 cm³/mol. The number of hydrogen-bond donors (Lipinski definition) is 1. The van der Waals surface area contributed by atoms with Crippen molar-refractivity contribution >= 4 is 18.1 Å². The van der Waals surface area contributed by atoms with Crippen LogP contribution in [0.3, 0.4) is 0 Å². The number of nitrogens with zero attached hydrogens (tertiary/aromatic N) is 3. The standard InChI is InChI=1S/C16H20N4O.ClH/c1-11-3-2-4-20-15(21)5-14(18-16(11)20)10-19-8-12-6-17-7-13(12)9-19;/h2-5,12-13,17H,6-10H2,1H3;1H/t12-,13+;. The summed E-state index contributed by atoms with van der Waals surface area (Å²) in [5.74, 6) is 1.54. The second-order valence-corrected chi connectivity index (χ2v) is 6.34. The molecule has 1 N–H and O–H groups in total. The van der Waals surface area contributed by atoms with Crippen LogP contribution < -0.4 is 10.9 Å². The zero-order valence-electron chi connectivity index (χ0n) is 12.7. The van der Waals surface area contributed by atoms with Gasteiger partial charge in [-0.25, -0.2) is 4.98 Å². The molecule has 2 atom stereocenters. The molecule has 2 aromatic rings. The number of rotatable bonds is 2. The minimum absolute atomic E-state index is 0. The van der Waals surface area contributed by atoms with Gasteiger partial charge < -0.3 is 5.32 Å². The highest BCUT2D eigenvalue weighted by molar-refractivity contribution is 5.85. The third-order valence-corrected chi connectivity index (χ3v) is 4.79. The fraction of sp³-hybridized carbons (Fsp3) is 0.500. The minimum atomic E-state index is 0. The molecule has 6 heteroatoms. The first-order valence-electron chi connectivity index (χ1n) is 7.62. The molecule has 22 heavy (non-hydrogen) atoms. The van der Waals surface area contributed by atoms with Crippen LogP contribution in [-0.2, 0) is 6.54 Å². The van der Waals surface area contributed by atoms with Crippen LogP contribution in [-0.4, -0.2) is 40.5 Å². The van der Waals surface area contributed by atoms with Crippen LogP contribution in [0.15, 0.2) is 29.2 Å². The van der Waals surface area contributed by atoms with E-state index < -0.39 is 0 Å². The summed E-state index contributed by atoms with van der Waals surface area (Å²) in [5.41, 5.74) is 2.72. The Hall–Kier alpha value is -1.43. The number of aromatic nitrogens is 2. The molecule has 2 fully saturated rings. The average Bonchev–Trinajstić information content (AvgIpc) is 3.01. The maximum absolute atomic E-state index is 12.2. The molecule has 118 valence electrons. The van der Waals surface area contributed by atoms with E-state index in [9.17, 15) is 4.79 Å². The number of nitrogens with one attached hydrogen (secondary N) is 1. The monoisotopic (exact) mass is 320 g/mol. The third-order valence-electron chi connectivity index (χ3n) is 4.79. The first kappa shape index (κ1) is 15.5. The number of aryl methyl sites for hydroxylation is 1. The van der Waals surface area contributed by atoms with Crippen molar-refractivity contribution in [1.82, 2.24) is 19.6 Å². The van der Waals surface area contributed by atoms with E-state index in [1.54, 1.807) is 16.7 Å². The molecule has 0 spiro atoms. The van der Waals surface area contributed by atoms with Gasteiger partial charge in [0.1, 0.15) is 5.65 Å². The van der Waals surface area contributed by atoms with E-state index >= 15 is 0 Å². The fourth-order valence-corrected chi connectivity index (χ4v) is 3.70. The maximum Gasteiger partial charge on any atom is 0.258 e. The summed E-state index contributed by atoms with van der Waals surface area (Å²) in [6.45, 7) is 7.28. The van der Waals surface area contributed by atoms with Crippen molar-refractivity contribution < 1.29 is 0 Å². The van der Waals surface area contributed by atoms with Gasteiger partial charge in [-0.2, -0.15) is 0 Å². The molecular weight excluding hydrogens is 300 g/mol. The van der Waals surface area contributed by atoms with Crippen molar-refractivity contribution in [3.8, 4) is 0 Å². The van der Waals surface area contributed by atoms with Gasteiger partial charge in [0.25, 0.3) is 5.56 Å². The normalized spacial score (nSPS) is 24.4. The SMILES string of the molecule is Cc1cccn2c(=O)cc(CN3C[C@H]4CNC[C@H]4C3)nc12.Cl. The Morgan fingerprint density at radius 1 is 1.32 bits per heavy atom. The first-order chi connectivity index (χ1) is 10.2. The van der Waals surface area contributed by atoms with E-state index in [0.29, 0.717) is 0 Å². The van der Waals surface area contributed by atoms with Crippen molar-refractivity contribution in [2.45, 2.75) is 13.5 Å². The van der Waals surface area contributed by atoms with E-state index in [1.165, 1.54) is 0 Å². The highest BCUT2D eigenvalue weighted by Crippen LogP contribution is 2.27. The summed E-state index contributed by atoms with van der Waals surface area (Å²) >= 11 is 0. The molecule has 4 rings (SSSR count). The topological polar surface area (TPSA) is 49.6 Å². The lowest BCUT2D eigenvalue weighted by Crippen LogP contribution is -2.27. The second kappa shape index (κ2) is 5.99. The largest absolute Gasteiger partial charge is 0.316 e. The van der Waals surface area contributed by atoms with Gasteiger partial charge in [-0.15, -0.1) is 12.4 Å². The fourth-order valence-electron chi connectivity index (χ4n) is 3.70. The Kier molecular flexibility index (Phi) is 4.21. The lowest BCUT2D eigenvalue weighted by molar-refractivity contribution is 0.302. The summed E-state index contributed by atoms with van der Waals surface area (Å²) in [5, 5.41) is 3.45. The van der Waals surface area contributed by atoms with Crippen molar-refractivity contribution in [2.75, 3.05) is 26.2 Å². The lowest BCUT2D eigenvalue weighted by Gasteiger charge is -2.16. The van der Waals surface area contributed by atoms with Crippen LogP contribution in [0.25, 0.3) is 5.65 Å². The molecule has 2 aromatic heterocycles. The zero-order chi connectivity index (χ0) is 14.4. The smallest absolute Gasteiger partial charge is 0.258 e. The van der Waals surface area contributed by atoms with E-state index in [1.807, 2.05) is 19.1 Å². The zero-order valence-corrected chi connectivity index (χ0v) is 13.5. The van der Waals surface area contributed by atoms with E-state index in [2.05, 4.69) is 10.2 Å². The molecule has 0 saturated carbocycles. The summed E-state index contributed by atoms with van der Waals surface area (Å²) in [7, 11) is 0. The average molecular weight is 321 g/mol. The Bertz CT molecular complexity index is 732. The van der Waals surface area contributed by atoms with Crippen molar-refractivity contribution in [1.29, 1.82) is 0 Å². The predicted octanol–water partition coefficient (Wildman–Crippen LogP) is 1.08. The minimum Gasteiger partial charge on any atom is -0.316 e. The molecule has 0 radical (unpaired) electrons. The van der Waals surface area contributed by atoms with Crippen molar-refractivity contribution in [3.63, 3.8) is 0 Å². The van der Waals surface area contributed by atoms with E-state index in [-0.39, 0.29) is 18.0 Å². The van der Waals surface area contributed by atoms with Crippen LogP contribution in [0.5, 0.6) is 0 Å². The Balaban J connectivity index is 0.00000144. The maximum atomic E-state index is 12.2. The van der Waals surface area contributed by atoms with Gasteiger partial charge in [0.05, 0.1) is 5.69 Å². The Labute approximate surface area is 135 Å². The van der Waals surface area contributed by atoms with E-state index in [0.717, 1.165) is 61.5 Å². The number of hydrogen-bond acceptors (Lipinski definition) is 4. The molecule has 2 aliphatic rings. The van der Waals surface area contributed by atoms with Crippen LogP contribution in [0.4, 0.5) is 0 Å². The quantitative estimate of drug-likeness (QED) is 0.899. The first-order valence-corrected chi connectivity index (χ1v) is 7.62. The molecule has 0 bridgehead atoms. The molecule has 2 aliphatic heterocycles. The third kappa shape index (κ3) is 2.64. The van der Waals surface area contributed by atoms with E-state index in [4.69, 9.17) is 4.98 Å². The van der Waals surface area contributed by atoms with Crippen LogP contribution in [0.2, 0.25) is 0 Å². The molecule has 4 heterocycles. The molecule has 0 aliphatic carbocycles. The molecule has 0 unspecified atom stereocenters. The highest BCUT2D eigenvalue weighted by atomic mass is 35.5. The van der Waals surface area contributed by atoms with Gasteiger partial charge in [-0.3, -0.25) is 14.1 Å².